The fourth-order valence-corrected chi connectivity index (χ4v) is 5.12. The Hall–Kier alpha value is -4.09. The first kappa shape index (κ1) is 22.1. The monoisotopic (exact) mass is 460 g/mol. The van der Waals surface area contributed by atoms with Crippen molar-refractivity contribution in [1.29, 1.82) is 0 Å². The molecule has 0 aliphatic rings. The molecule has 0 saturated carbocycles. The van der Waals surface area contributed by atoms with E-state index in [9.17, 15) is 14.7 Å². The van der Waals surface area contributed by atoms with Crippen LogP contribution in [0.2, 0.25) is 0 Å². The number of benzene rings is 4. The van der Waals surface area contributed by atoms with Crippen LogP contribution in [0.15, 0.2) is 115 Å². The molecule has 1 atom stereocenters. The van der Waals surface area contributed by atoms with Gasteiger partial charge in [0.1, 0.15) is 11.5 Å². The molecular weight excluding hydrogens is 439 g/mol. The van der Waals surface area contributed by atoms with Crippen LogP contribution in [0.4, 0.5) is 11.4 Å². The van der Waals surface area contributed by atoms with E-state index in [-0.39, 0.29) is 5.69 Å². The van der Waals surface area contributed by atoms with Gasteiger partial charge in [0.15, 0.2) is 5.78 Å². The third-order valence-electron chi connectivity index (χ3n) is 4.76. The highest BCUT2D eigenvalue weighted by atomic mass is 31.2. The molecule has 0 heterocycles. The normalized spacial score (nSPS) is 11.9. The van der Waals surface area contributed by atoms with Gasteiger partial charge in [-0.2, -0.15) is 0 Å². The number of hydrogen-bond donors (Lipinski definition) is 1. The molecule has 0 amide bonds. The summed E-state index contributed by atoms with van der Waals surface area (Å²) in [4.78, 5) is 10.6. The molecule has 4 rings (SSSR count). The third-order valence-corrected chi connectivity index (χ3v) is 6.76. The van der Waals surface area contributed by atoms with Crippen LogP contribution < -0.4 is 14.4 Å². The first-order valence-electron chi connectivity index (χ1n) is 10.2. The van der Waals surface area contributed by atoms with Gasteiger partial charge in [0.05, 0.1) is 4.92 Å². The summed E-state index contributed by atoms with van der Waals surface area (Å²) in [5.41, 5.74) is 1.16. The maximum absolute atomic E-state index is 14.4. The number of para-hydroxylation sites is 2. The summed E-state index contributed by atoms with van der Waals surface area (Å²) in [6, 6.07) is 32.6. The number of non-ortho nitro benzene ring substituents is 1. The summed E-state index contributed by atoms with van der Waals surface area (Å²) in [5, 5.41) is 14.2. The zero-order chi connectivity index (χ0) is 23.1. The van der Waals surface area contributed by atoms with Crippen LogP contribution in [0, 0.1) is 10.1 Å². The molecule has 0 aliphatic heterocycles. The fourth-order valence-electron chi connectivity index (χ4n) is 3.20. The molecule has 166 valence electrons. The van der Waals surface area contributed by atoms with E-state index >= 15 is 0 Å². The van der Waals surface area contributed by atoms with Crippen molar-refractivity contribution in [3.63, 3.8) is 0 Å². The highest BCUT2D eigenvalue weighted by Gasteiger charge is 2.41. The van der Waals surface area contributed by atoms with Crippen LogP contribution in [0.5, 0.6) is 11.5 Å². The van der Waals surface area contributed by atoms with Crippen LogP contribution in [-0.4, -0.2) is 4.92 Å². The Morgan fingerprint density at radius 3 is 1.61 bits per heavy atom. The minimum atomic E-state index is -3.94. The van der Waals surface area contributed by atoms with Crippen LogP contribution in [-0.2, 0) is 4.57 Å². The number of rotatable bonds is 9. The predicted molar refractivity (Wildman–Crippen MR) is 128 cm³/mol. The van der Waals surface area contributed by atoms with Gasteiger partial charge in [0.25, 0.3) is 5.69 Å². The minimum Gasteiger partial charge on any atom is -0.414 e. The lowest BCUT2D eigenvalue weighted by molar-refractivity contribution is -0.384. The van der Waals surface area contributed by atoms with Crippen molar-refractivity contribution < 1.29 is 18.5 Å². The van der Waals surface area contributed by atoms with Gasteiger partial charge in [0, 0.05) is 17.8 Å². The van der Waals surface area contributed by atoms with Gasteiger partial charge in [-0.25, -0.2) is 4.57 Å². The number of anilines is 1. The van der Waals surface area contributed by atoms with Crippen molar-refractivity contribution >= 4 is 19.0 Å². The molecule has 0 saturated heterocycles. The lowest BCUT2D eigenvalue weighted by Crippen LogP contribution is -2.18. The molecule has 0 aromatic heterocycles. The average molecular weight is 460 g/mol. The highest BCUT2D eigenvalue weighted by molar-refractivity contribution is 7.55. The predicted octanol–water partition coefficient (Wildman–Crippen LogP) is 7.06. The SMILES string of the molecule is O=[N+]([O-])c1ccc(N[C@@H](c2ccccc2)P(=O)(Oc2ccccc2)Oc2ccccc2)cc1. The largest absolute Gasteiger partial charge is 0.457 e. The summed E-state index contributed by atoms with van der Waals surface area (Å²) in [5.74, 6) is -0.119. The summed E-state index contributed by atoms with van der Waals surface area (Å²) in [6.45, 7) is 0. The Morgan fingerprint density at radius 2 is 1.15 bits per heavy atom. The van der Waals surface area contributed by atoms with Gasteiger partial charge in [-0.05, 0) is 42.0 Å². The van der Waals surface area contributed by atoms with Crippen LogP contribution in [0.3, 0.4) is 0 Å². The third kappa shape index (κ3) is 5.59. The number of nitro benzene ring substituents is 1. The van der Waals surface area contributed by atoms with E-state index < -0.39 is 18.3 Å². The second-order valence-corrected chi connectivity index (χ2v) is 9.07. The van der Waals surface area contributed by atoms with Gasteiger partial charge < -0.3 is 14.4 Å². The van der Waals surface area contributed by atoms with Crippen molar-refractivity contribution in [2.75, 3.05) is 5.32 Å². The Kier molecular flexibility index (Phi) is 6.72. The van der Waals surface area contributed by atoms with Crippen LogP contribution >= 0.6 is 7.60 Å². The minimum absolute atomic E-state index is 0.0407. The Morgan fingerprint density at radius 1 is 0.697 bits per heavy atom. The van der Waals surface area contributed by atoms with Gasteiger partial charge in [-0.15, -0.1) is 0 Å². The van der Waals surface area contributed by atoms with Crippen molar-refractivity contribution in [2.24, 2.45) is 0 Å². The van der Waals surface area contributed by atoms with Crippen molar-refractivity contribution in [1.82, 2.24) is 0 Å². The molecular formula is C25H21N2O5P. The number of nitrogens with one attached hydrogen (secondary N) is 1. The van der Waals surface area contributed by atoms with E-state index in [0.29, 0.717) is 22.7 Å². The van der Waals surface area contributed by atoms with E-state index in [4.69, 9.17) is 9.05 Å². The fraction of sp³-hybridized carbons (Fsp3) is 0.0400. The highest BCUT2D eigenvalue weighted by Crippen LogP contribution is 2.60. The summed E-state index contributed by atoms with van der Waals surface area (Å²) >= 11 is 0. The summed E-state index contributed by atoms with van der Waals surface area (Å²) < 4.78 is 26.5. The zero-order valence-corrected chi connectivity index (χ0v) is 18.4. The zero-order valence-electron chi connectivity index (χ0n) is 17.5. The Labute approximate surface area is 191 Å². The Bertz CT molecular complexity index is 1190. The first-order chi connectivity index (χ1) is 16.0. The molecule has 1 N–H and O–H groups in total. The molecule has 0 radical (unpaired) electrons. The lowest BCUT2D eigenvalue weighted by Gasteiger charge is -2.29. The van der Waals surface area contributed by atoms with Crippen LogP contribution in [0.25, 0.3) is 0 Å². The lowest BCUT2D eigenvalue weighted by atomic mass is 10.2. The maximum Gasteiger partial charge on any atom is 0.457 e. The van der Waals surface area contributed by atoms with Gasteiger partial charge in [-0.3, -0.25) is 10.1 Å². The number of hydrogen-bond acceptors (Lipinski definition) is 6. The van der Waals surface area contributed by atoms with Gasteiger partial charge in [0.2, 0.25) is 0 Å². The van der Waals surface area contributed by atoms with Crippen molar-refractivity contribution in [3.05, 3.63) is 131 Å². The Balaban J connectivity index is 1.76. The second kappa shape index (κ2) is 10.0. The smallest absolute Gasteiger partial charge is 0.414 e. The molecule has 0 fully saturated rings. The van der Waals surface area contributed by atoms with E-state index in [1.807, 2.05) is 42.5 Å². The quantitative estimate of drug-likeness (QED) is 0.163. The molecule has 4 aromatic carbocycles. The van der Waals surface area contributed by atoms with Crippen LogP contribution in [0.1, 0.15) is 11.3 Å². The average Bonchev–Trinajstić information content (AvgIpc) is 2.84. The van der Waals surface area contributed by atoms with Crippen molar-refractivity contribution in [2.45, 2.75) is 5.78 Å². The first-order valence-corrected chi connectivity index (χ1v) is 11.8. The van der Waals surface area contributed by atoms with E-state index in [2.05, 4.69) is 5.32 Å². The number of nitrogens with zero attached hydrogens (tertiary/aromatic N) is 1. The summed E-state index contributed by atoms with van der Waals surface area (Å²) in [7, 11) is -3.94. The number of nitro groups is 1. The summed E-state index contributed by atoms with van der Waals surface area (Å²) in [6.07, 6.45) is 0. The topological polar surface area (TPSA) is 90.7 Å². The molecule has 0 bridgehead atoms. The van der Waals surface area contributed by atoms with Gasteiger partial charge in [-0.1, -0.05) is 66.7 Å². The van der Waals surface area contributed by atoms with E-state index in [0.717, 1.165) is 0 Å². The molecule has 7 nitrogen and oxygen atoms in total. The van der Waals surface area contributed by atoms with E-state index in [1.54, 1.807) is 60.7 Å². The van der Waals surface area contributed by atoms with Gasteiger partial charge >= 0.3 is 7.60 Å². The molecule has 0 spiro atoms. The molecule has 4 aromatic rings. The molecule has 33 heavy (non-hydrogen) atoms. The second-order valence-electron chi connectivity index (χ2n) is 7.11. The molecule has 8 heteroatoms. The van der Waals surface area contributed by atoms with E-state index in [1.165, 1.54) is 12.1 Å². The molecule has 0 unspecified atom stereocenters. The van der Waals surface area contributed by atoms with Crippen molar-refractivity contribution in [3.8, 4) is 11.5 Å². The molecule has 0 aliphatic carbocycles. The standard InChI is InChI=1S/C25H21N2O5P/c28-27(29)22-18-16-21(17-19-22)26-25(20-10-4-1-5-11-20)33(30,31-23-12-6-2-7-13-23)32-24-14-8-3-9-15-24/h1-19,25-26H/t25-/m1/s1. The maximum atomic E-state index is 14.4.